The summed E-state index contributed by atoms with van der Waals surface area (Å²) in [5.41, 5.74) is 3.10. The summed E-state index contributed by atoms with van der Waals surface area (Å²) in [5.74, 6) is 2.35. The minimum Gasteiger partial charge on any atom is -0.369 e. The molecule has 0 saturated carbocycles. The summed E-state index contributed by atoms with van der Waals surface area (Å²) in [6.07, 6.45) is 7.95. The molecule has 6 heteroatoms. The topological polar surface area (TPSA) is 40.6 Å². The maximum Gasteiger partial charge on any atom is 0.294 e. The van der Waals surface area contributed by atoms with Crippen molar-refractivity contribution >= 4 is 46.3 Å². The van der Waals surface area contributed by atoms with Gasteiger partial charge in [-0.25, -0.2) is 0 Å². The van der Waals surface area contributed by atoms with Gasteiger partial charge in [-0.1, -0.05) is 24.4 Å². The summed E-state index contributed by atoms with van der Waals surface area (Å²) in [5, 5.41) is 0.215. The number of terminal acetylenes is 1. The summed E-state index contributed by atoms with van der Waals surface area (Å²) in [4.78, 5) is 28.0. The molecule has 2 heterocycles. The van der Waals surface area contributed by atoms with E-state index in [1.807, 2.05) is 12.1 Å². The van der Waals surface area contributed by atoms with Gasteiger partial charge in [0, 0.05) is 23.3 Å². The lowest BCUT2D eigenvalue weighted by Gasteiger charge is -2.45. The van der Waals surface area contributed by atoms with Crippen LogP contribution < -0.4 is 4.90 Å². The number of anilines is 1. The van der Waals surface area contributed by atoms with E-state index in [1.165, 1.54) is 5.56 Å². The molecule has 2 aliphatic rings. The Morgan fingerprint density at radius 3 is 2.77 bits per heavy atom. The SMILES string of the molecule is C#CCN1C(=O)S/C(=C/c2cc3c(cc2Cl)N(C)C(C)(C)CC3C)C1=O. The van der Waals surface area contributed by atoms with Gasteiger partial charge in [-0.15, -0.1) is 6.42 Å². The van der Waals surface area contributed by atoms with Crippen LogP contribution in [-0.4, -0.2) is 35.2 Å². The van der Waals surface area contributed by atoms with Crippen LogP contribution in [0.4, 0.5) is 10.5 Å². The van der Waals surface area contributed by atoms with Crippen LogP contribution in [-0.2, 0) is 4.79 Å². The third-order valence-electron chi connectivity index (χ3n) is 5.16. The number of hydrogen-bond acceptors (Lipinski definition) is 4. The minimum atomic E-state index is -0.363. The first-order chi connectivity index (χ1) is 12.2. The van der Waals surface area contributed by atoms with E-state index in [0.717, 1.165) is 34.3 Å². The first kappa shape index (κ1) is 18.9. The molecule has 3 rings (SSSR count). The first-order valence-corrected chi connectivity index (χ1v) is 9.61. The average molecular weight is 389 g/mol. The van der Waals surface area contributed by atoms with Crippen LogP contribution in [0.2, 0.25) is 5.02 Å². The third-order valence-corrected chi connectivity index (χ3v) is 6.40. The van der Waals surface area contributed by atoms with E-state index in [2.05, 4.69) is 38.6 Å². The highest BCUT2D eigenvalue weighted by atomic mass is 35.5. The zero-order chi connectivity index (χ0) is 19.2. The Labute approximate surface area is 163 Å². The molecule has 4 nitrogen and oxygen atoms in total. The molecule has 0 radical (unpaired) electrons. The van der Waals surface area contributed by atoms with Crippen LogP contribution in [0.3, 0.4) is 0 Å². The Hall–Kier alpha value is -1.90. The summed E-state index contributed by atoms with van der Waals surface area (Å²) < 4.78 is 0. The van der Waals surface area contributed by atoms with E-state index in [9.17, 15) is 9.59 Å². The highest BCUT2D eigenvalue weighted by molar-refractivity contribution is 8.18. The molecule has 1 saturated heterocycles. The quantitative estimate of drug-likeness (QED) is 0.542. The van der Waals surface area contributed by atoms with Gasteiger partial charge in [0.15, 0.2) is 0 Å². The number of amides is 2. The van der Waals surface area contributed by atoms with Gasteiger partial charge >= 0.3 is 0 Å². The zero-order valence-electron chi connectivity index (χ0n) is 15.3. The van der Waals surface area contributed by atoms with Crippen molar-refractivity contribution in [3.63, 3.8) is 0 Å². The Morgan fingerprint density at radius 1 is 1.42 bits per heavy atom. The molecule has 0 spiro atoms. The maximum absolute atomic E-state index is 12.4. The normalized spacial score (nSPS) is 23.4. The highest BCUT2D eigenvalue weighted by Gasteiger charge is 2.36. The largest absolute Gasteiger partial charge is 0.369 e. The van der Waals surface area contributed by atoms with Crippen LogP contribution in [0.5, 0.6) is 0 Å². The number of rotatable bonds is 2. The first-order valence-electron chi connectivity index (χ1n) is 8.42. The molecule has 26 heavy (non-hydrogen) atoms. The molecule has 2 aliphatic heterocycles. The third kappa shape index (κ3) is 3.13. The second-order valence-electron chi connectivity index (χ2n) is 7.38. The number of fused-ring (bicyclic) bond motifs is 1. The second kappa shape index (κ2) is 6.68. The molecule has 0 aliphatic carbocycles. The van der Waals surface area contributed by atoms with E-state index in [1.54, 1.807) is 6.08 Å². The number of nitrogens with zero attached hydrogens (tertiary/aromatic N) is 2. The summed E-state index contributed by atoms with van der Waals surface area (Å²) in [6.45, 7) is 6.62. The Balaban J connectivity index is 2.02. The van der Waals surface area contributed by atoms with Crippen molar-refractivity contribution in [3.8, 4) is 12.3 Å². The minimum absolute atomic E-state index is 0.0170. The Morgan fingerprint density at radius 2 is 2.12 bits per heavy atom. The van der Waals surface area contributed by atoms with Crippen molar-refractivity contribution in [3.05, 3.63) is 33.2 Å². The van der Waals surface area contributed by atoms with Crippen LogP contribution in [0, 0.1) is 12.3 Å². The molecule has 136 valence electrons. The van der Waals surface area contributed by atoms with Crippen molar-refractivity contribution in [1.82, 2.24) is 4.90 Å². The maximum atomic E-state index is 12.4. The average Bonchev–Trinajstić information content (AvgIpc) is 2.82. The summed E-state index contributed by atoms with van der Waals surface area (Å²) >= 11 is 7.40. The van der Waals surface area contributed by atoms with Crippen molar-refractivity contribution in [2.75, 3.05) is 18.5 Å². The Bertz CT molecular complexity index is 869. The van der Waals surface area contributed by atoms with Crippen LogP contribution in [0.25, 0.3) is 6.08 Å². The number of carbonyl (C=O) groups excluding carboxylic acids is 2. The standard InChI is InChI=1S/C20H21ClN2O2S/c1-6-7-23-18(24)17(26-19(23)25)9-13-8-14-12(2)11-20(3,4)22(5)16(14)10-15(13)21/h1,8-10,12H,7,11H2,2-5H3/b17-9+. The molecule has 0 aromatic heterocycles. The predicted octanol–water partition coefficient (Wildman–Crippen LogP) is 4.73. The van der Waals surface area contributed by atoms with E-state index in [4.69, 9.17) is 18.0 Å². The summed E-state index contributed by atoms with van der Waals surface area (Å²) in [7, 11) is 2.08. The lowest BCUT2D eigenvalue weighted by molar-refractivity contribution is -0.122. The fourth-order valence-electron chi connectivity index (χ4n) is 3.58. The van der Waals surface area contributed by atoms with Gasteiger partial charge in [0.2, 0.25) is 0 Å². The zero-order valence-corrected chi connectivity index (χ0v) is 16.9. The van der Waals surface area contributed by atoms with Crippen molar-refractivity contribution in [2.45, 2.75) is 38.6 Å². The predicted molar refractivity (Wildman–Crippen MR) is 108 cm³/mol. The number of benzene rings is 1. The fourth-order valence-corrected chi connectivity index (χ4v) is 4.63. The second-order valence-corrected chi connectivity index (χ2v) is 8.78. The number of imide groups is 1. The molecule has 1 aromatic rings. The number of carbonyl (C=O) groups is 2. The lowest BCUT2D eigenvalue weighted by Crippen LogP contribution is -2.45. The number of hydrogen-bond donors (Lipinski definition) is 0. The van der Waals surface area contributed by atoms with Gasteiger partial charge in [0.05, 0.1) is 11.4 Å². The fraction of sp³-hybridized carbons (Fsp3) is 0.400. The van der Waals surface area contributed by atoms with Crippen molar-refractivity contribution < 1.29 is 9.59 Å². The summed E-state index contributed by atoms with van der Waals surface area (Å²) in [6, 6.07) is 3.98. The molecule has 1 fully saturated rings. The van der Waals surface area contributed by atoms with Crippen LogP contribution in [0.15, 0.2) is 17.0 Å². The number of halogens is 1. The van der Waals surface area contributed by atoms with E-state index in [0.29, 0.717) is 15.8 Å². The van der Waals surface area contributed by atoms with Gasteiger partial charge in [-0.2, -0.15) is 0 Å². The van der Waals surface area contributed by atoms with Crippen molar-refractivity contribution in [1.29, 1.82) is 0 Å². The van der Waals surface area contributed by atoms with Gasteiger partial charge < -0.3 is 4.90 Å². The van der Waals surface area contributed by atoms with E-state index >= 15 is 0 Å². The Kier molecular flexibility index (Phi) is 4.85. The van der Waals surface area contributed by atoms with Gasteiger partial charge in [-0.05, 0) is 67.3 Å². The van der Waals surface area contributed by atoms with Gasteiger partial charge in [-0.3, -0.25) is 14.5 Å². The van der Waals surface area contributed by atoms with Gasteiger partial charge in [0.1, 0.15) is 0 Å². The highest BCUT2D eigenvalue weighted by Crippen LogP contribution is 2.45. The molecular formula is C20H21ClN2O2S. The number of thioether (sulfide) groups is 1. The lowest BCUT2D eigenvalue weighted by atomic mass is 9.80. The van der Waals surface area contributed by atoms with Crippen LogP contribution >= 0.6 is 23.4 Å². The van der Waals surface area contributed by atoms with E-state index in [-0.39, 0.29) is 23.2 Å². The molecule has 0 bridgehead atoms. The van der Waals surface area contributed by atoms with Gasteiger partial charge in [0.25, 0.3) is 11.1 Å². The molecule has 2 amide bonds. The molecule has 1 atom stereocenters. The van der Waals surface area contributed by atoms with Crippen LogP contribution in [0.1, 0.15) is 44.2 Å². The smallest absolute Gasteiger partial charge is 0.294 e. The molecule has 1 unspecified atom stereocenters. The molecule has 1 aromatic carbocycles. The monoisotopic (exact) mass is 388 g/mol. The van der Waals surface area contributed by atoms with E-state index < -0.39 is 0 Å². The van der Waals surface area contributed by atoms with Crippen molar-refractivity contribution in [2.24, 2.45) is 0 Å². The molecule has 0 N–H and O–H groups in total. The molecular weight excluding hydrogens is 368 g/mol.